The lowest BCUT2D eigenvalue weighted by molar-refractivity contribution is -0.122. The maximum absolute atomic E-state index is 12.8. The van der Waals surface area contributed by atoms with Crippen molar-refractivity contribution in [2.75, 3.05) is 32.1 Å². The molecule has 29 heavy (non-hydrogen) atoms. The number of sulfonamides is 1. The van der Waals surface area contributed by atoms with E-state index in [0.29, 0.717) is 5.69 Å². The fourth-order valence-electron chi connectivity index (χ4n) is 2.67. The Balaban J connectivity index is 1.81. The summed E-state index contributed by atoms with van der Waals surface area (Å²) in [6.07, 6.45) is 0. The summed E-state index contributed by atoms with van der Waals surface area (Å²) in [5.41, 5.74) is 0.511. The van der Waals surface area contributed by atoms with Gasteiger partial charge in [0, 0.05) is 18.7 Å². The standard InChI is InChI=1S/C17H18N4O6S2/c1-10-14(16(24)27-2)28-17(19-10)20-15(23)11-4-3-5-12(8-11)29(25,26)21-7-6-18-13(22)9-21/h3-5,8H,6-7,9H2,1-2H3,(H,18,22)(H,19,20,23). The van der Waals surface area contributed by atoms with Crippen LogP contribution < -0.4 is 10.6 Å². The zero-order valence-electron chi connectivity index (χ0n) is 15.6. The van der Waals surface area contributed by atoms with Crippen LogP contribution in [0.4, 0.5) is 5.13 Å². The molecule has 1 saturated heterocycles. The van der Waals surface area contributed by atoms with Crippen LogP contribution in [0.15, 0.2) is 29.2 Å². The molecular weight excluding hydrogens is 420 g/mol. The Labute approximate surface area is 170 Å². The quantitative estimate of drug-likeness (QED) is 0.653. The first-order valence-corrected chi connectivity index (χ1v) is 10.7. The average molecular weight is 438 g/mol. The molecule has 3 rings (SSSR count). The summed E-state index contributed by atoms with van der Waals surface area (Å²) < 4.78 is 31.3. The van der Waals surface area contributed by atoms with Crippen LogP contribution in [0, 0.1) is 6.92 Å². The van der Waals surface area contributed by atoms with Crippen LogP contribution >= 0.6 is 11.3 Å². The second-order valence-electron chi connectivity index (χ2n) is 6.10. The highest BCUT2D eigenvalue weighted by molar-refractivity contribution is 7.89. The molecule has 1 fully saturated rings. The number of benzene rings is 1. The summed E-state index contributed by atoms with van der Waals surface area (Å²) in [4.78, 5) is 40.0. The Bertz CT molecular complexity index is 1080. The number of methoxy groups -OCH3 is 1. The summed E-state index contributed by atoms with van der Waals surface area (Å²) in [7, 11) is -2.68. The minimum atomic E-state index is -3.92. The van der Waals surface area contributed by atoms with Gasteiger partial charge in [0.2, 0.25) is 15.9 Å². The number of rotatable bonds is 5. The number of thiazole rings is 1. The number of esters is 1. The number of anilines is 1. The monoisotopic (exact) mass is 438 g/mol. The molecule has 2 N–H and O–H groups in total. The molecule has 0 bridgehead atoms. The van der Waals surface area contributed by atoms with E-state index in [0.717, 1.165) is 15.6 Å². The second-order valence-corrected chi connectivity index (χ2v) is 9.03. The van der Waals surface area contributed by atoms with Crippen LogP contribution in [-0.4, -0.2) is 62.2 Å². The van der Waals surface area contributed by atoms with Gasteiger partial charge in [-0.15, -0.1) is 0 Å². The molecule has 1 aromatic heterocycles. The van der Waals surface area contributed by atoms with Crippen molar-refractivity contribution >= 4 is 44.3 Å². The highest BCUT2D eigenvalue weighted by Crippen LogP contribution is 2.24. The lowest BCUT2D eigenvalue weighted by Gasteiger charge is -2.26. The lowest BCUT2D eigenvalue weighted by atomic mass is 10.2. The first-order valence-electron chi connectivity index (χ1n) is 8.46. The van der Waals surface area contributed by atoms with Gasteiger partial charge in [-0.1, -0.05) is 17.4 Å². The Morgan fingerprint density at radius 1 is 1.34 bits per heavy atom. The van der Waals surface area contributed by atoms with Crippen molar-refractivity contribution in [2.45, 2.75) is 11.8 Å². The summed E-state index contributed by atoms with van der Waals surface area (Å²) in [6.45, 7) is 1.72. The van der Waals surface area contributed by atoms with E-state index in [1.165, 1.54) is 31.4 Å². The number of aryl methyl sites for hydroxylation is 1. The summed E-state index contributed by atoms with van der Waals surface area (Å²) in [5, 5.41) is 5.30. The Hall–Kier alpha value is -2.83. The third-order valence-corrected chi connectivity index (χ3v) is 7.02. The highest BCUT2D eigenvalue weighted by Gasteiger charge is 2.29. The third-order valence-electron chi connectivity index (χ3n) is 4.13. The molecule has 12 heteroatoms. The largest absolute Gasteiger partial charge is 0.465 e. The number of amides is 2. The number of hydrogen-bond acceptors (Lipinski definition) is 8. The van der Waals surface area contributed by atoms with Crippen molar-refractivity contribution in [1.29, 1.82) is 0 Å². The maximum Gasteiger partial charge on any atom is 0.350 e. The predicted octanol–water partition coefficient (Wildman–Crippen LogP) is 0.611. The summed E-state index contributed by atoms with van der Waals surface area (Å²) in [5.74, 6) is -1.52. The molecule has 2 aromatic rings. The molecule has 10 nitrogen and oxygen atoms in total. The maximum atomic E-state index is 12.8. The van der Waals surface area contributed by atoms with E-state index in [1.54, 1.807) is 6.92 Å². The molecule has 0 radical (unpaired) electrons. The van der Waals surface area contributed by atoms with Crippen molar-refractivity contribution in [3.63, 3.8) is 0 Å². The predicted molar refractivity (Wildman–Crippen MR) is 104 cm³/mol. The summed E-state index contributed by atoms with van der Waals surface area (Å²) in [6, 6.07) is 5.50. The molecule has 2 heterocycles. The minimum Gasteiger partial charge on any atom is -0.465 e. The Morgan fingerprint density at radius 2 is 2.10 bits per heavy atom. The fraction of sp³-hybridized carbons (Fsp3) is 0.294. The van der Waals surface area contributed by atoms with Crippen LogP contribution in [0.2, 0.25) is 0 Å². The van der Waals surface area contributed by atoms with Gasteiger partial charge in [-0.2, -0.15) is 4.31 Å². The van der Waals surface area contributed by atoms with Gasteiger partial charge in [0.25, 0.3) is 5.91 Å². The number of ether oxygens (including phenoxy) is 1. The van der Waals surface area contributed by atoms with Crippen molar-refractivity contribution in [1.82, 2.24) is 14.6 Å². The molecule has 1 aliphatic rings. The number of nitrogens with one attached hydrogen (secondary N) is 2. The average Bonchev–Trinajstić information content (AvgIpc) is 3.07. The molecule has 2 amide bonds. The Morgan fingerprint density at radius 3 is 2.79 bits per heavy atom. The van der Waals surface area contributed by atoms with Crippen molar-refractivity contribution in [3.05, 3.63) is 40.4 Å². The van der Waals surface area contributed by atoms with Gasteiger partial charge < -0.3 is 10.1 Å². The molecule has 154 valence electrons. The lowest BCUT2D eigenvalue weighted by Crippen LogP contribution is -2.49. The van der Waals surface area contributed by atoms with Crippen LogP contribution in [-0.2, 0) is 19.6 Å². The Kier molecular flexibility index (Phi) is 5.96. The number of piperazine rings is 1. The van der Waals surface area contributed by atoms with Crippen LogP contribution in [0.5, 0.6) is 0 Å². The van der Waals surface area contributed by atoms with Gasteiger partial charge in [-0.05, 0) is 25.1 Å². The van der Waals surface area contributed by atoms with E-state index in [2.05, 4.69) is 20.4 Å². The number of carbonyl (C=O) groups excluding carboxylic acids is 3. The molecule has 0 unspecified atom stereocenters. The van der Waals surface area contributed by atoms with E-state index >= 15 is 0 Å². The van der Waals surface area contributed by atoms with E-state index in [4.69, 9.17) is 0 Å². The molecular formula is C17H18N4O6S2. The number of nitrogens with zero attached hydrogens (tertiary/aromatic N) is 2. The van der Waals surface area contributed by atoms with Gasteiger partial charge >= 0.3 is 5.97 Å². The molecule has 0 atom stereocenters. The molecule has 0 aliphatic carbocycles. The molecule has 0 saturated carbocycles. The number of aromatic nitrogens is 1. The summed E-state index contributed by atoms with van der Waals surface area (Å²) >= 11 is 0.959. The normalized spacial score (nSPS) is 14.9. The first kappa shape index (κ1) is 20.9. The van der Waals surface area contributed by atoms with Gasteiger partial charge in [0.15, 0.2) is 5.13 Å². The first-order chi connectivity index (χ1) is 13.7. The van der Waals surface area contributed by atoms with E-state index < -0.39 is 21.9 Å². The number of carbonyl (C=O) groups is 3. The van der Waals surface area contributed by atoms with Crippen LogP contribution in [0.3, 0.4) is 0 Å². The van der Waals surface area contributed by atoms with E-state index in [9.17, 15) is 22.8 Å². The SMILES string of the molecule is COC(=O)c1sc(NC(=O)c2cccc(S(=O)(=O)N3CCNC(=O)C3)c2)nc1C. The van der Waals surface area contributed by atoms with E-state index in [-0.39, 0.29) is 46.0 Å². The van der Waals surface area contributed by atoms with Crippen molar-refractivity contribution < 1.29 is 27.5 Å². The van der Waals surface area contributed by atoms with Crippen LogP contribution in [0.1, 0.15) is 25.7 Å². The van der Waals surface area contributed by atoms with Gasteiger partial charge in [-0.25, -0.2) is 18.2 Å². The minimum absolute atomic E-state index is 0.0922. The van der Waals surface area contributed by atoms with Crippen molar-refractivity contribution in [2.24, 2.45) is 0 Å². The fourth-order valence-corrected chi connectivity index (χ4v) is 4.99. The molecule has 1 aromatic carbocycles. The molecule has 1 aliphatic heterocycles. The zero-order chi connectivity index (χ0) is 21.2. The van der Waals surface area contributed by atoms with Crippen LogP contribution in [0.25, 0.3) is 0 Å². The van der Waals surface area contributed by atoms with E-state index in [1.807, 2.05) is 0 Å². The topological polar surface area (TPSA) is 135 Å². The number of hydrogen-bond donors (Lipinski definition) is 2. The van der Waals surface area contributed by atoms with Crippen molar-refractivity contribution in [3.8, 4) is 0 Å². The van der Waals surface area contributed by atoms with Gasteiger partial charge in [-0.3, -0.25) is 14.9 Å². The van der Waals surface area contributed by atoms with Gasteiger partial charge in [0.05, 0.1) is 24.2 Å². The zero-order valence-corrected chi connectivity index (χ0v) is 17.2. The highest BCUT2D eigenvalue weighted by atomic mass is 32.2. The molecule has 0 spiro atoms. The van der Waals surface area contributed by atoms with Gasteiger partial charge in [0.1, 0.15) is 4.88 Å². The smallest absolute Gasteiger partial charge is 0.350 e. The second kappa shape index (κ2) is 8.27. The third kappa shape index (κ3) is 4.44.